The molecule has 4 nitrogen and oxygen atoms in total. The summed E-state index contributed by atoms with van der Waals surface area (Å²) in [5.74, 6) is 0.308. The number of hydrogen-bond donors (Lipinski definition) is 0. The van der Waals surface area contributed by atoms with Crippen molar-refractivity contribution in [1.82, 2.24) is 4.90 Å². The van der Waals surface area contributed by atoms with Gasteiger partial charge in [0.1, 0.15) is 5.60 Å². The first-order valence-corrected chi connectivity index (χ1v) is 11.3. The van der Waals surface area contributed by atoms with E-state index in [4.69, 9.17) is 27.9 Å². The molecule has 1 fully saturated rings. The summed E-state index contributed by atoms with van der Waals surface area (Å²) in [6.07, 6.45) is 1.83. The minimum atomic E-state index is -0.479. The minimum absolute atomic E-state index is 0.209. The van der Waals surface area contributed by atoms with E-state index in [1.54, 1.807) is 0 Å². The Morgan fingerprint density at radius 2 is 1.87 bits per heavy atom. The predicted molar refractivity (Wildman–Crippen MR) is 122 cm³/mol. The zero-order valence-corrected chi connectivity index (χ0v) is 19.1. The molecule has 6 heteroatoms. The summed E-state index contributed by atoms with van der Waals surface area (Å²) in [6, 6.07) is 10.9. The maximum atomic E-state index is 12.7. The van der Waals surface area contributed by atoms with E-state index in [1.807, 2.05) is 43.9 Å². The lowest BCUT2D eigenvalue weighted by atomic mass is 9.86. The van der Waals surface area contributed by atoms with E-state index in [0.717, 1.165) is 31.5 Å². The second kappa shape index (κ2) is 7.06. The van der Waals surface area contributed by atoms with Crippen LogP contribution in [-0.2, 0) is 11.2 Å². The minimum Gasteiger partial charge on any atom is -0.444 e. The summed E-state index contributed by atoms with van der Waals surface area (Å²) in [5.41, 5.74) is 5.90. The van der Waals surface area contributed by atoms with Crippen LogP contribution in [0.5, 0.6) is 0 Å². The molecular weight excluding hydrogens is 419 g/mol. The van der Waals surface area contributed by atoms with Crippen LogP contribution in [0, 0.1) is 0 Å². The van der Waals surface area contributed by atoms with Crippen LogP contribution in [-0.4, -0.2) is 42.3 Å². The Morgan fingerprint density at radius 3 is 2.60 bits per heavy atom. The van der Waals surface area contributed by atoms with E-state index in [0.29, 0.717) is 28.5 Å². The monoisotopic (exact) mass is 444 g/mol. The van der Waals surface area contributed by atoms with Gasteiger partial charge in [-0.1, -0.05) is 29.3 Å². The average Bonchev–Trinajstić information content (AvgIpc) is 3.24. The van der Waals surface area contributed by atoms with Gasteiger partial charge >= 0.3 is 6.09 Å². The van der Waals surface area contributed by atoms with Gasteiger partial charge in [-0.25, -0.2) is 4.79 Å². The van der Waals surface area contributed by atoms with E-state index < -0.39 is 5.60 Å². The Kier molecular flexibility index (Phi) is 4.71. The Morgan fingerprint density at radius 1 is 1.07 bits per heavy atom. The summed E-state index contributed by atoms with van der Waals surface area (Å²) in [6.45, 7) is 8.25. The highest BCUT2D eigenvalue weighted by Gasteiger charge is 2.46. The van der Waals surface area contributed by atoms with Crippen molar-refractivity contribution in [2.24, 2.45) is 0 Å². The summed E-state index contributed by atoms with van der Waals surface area (Å²) in [5, 5.41) is 1.14. The van der Waals surface area contributed by atoms with Gasteiger partial charge in [0, 0.05) is 37.3 Å². The molecule has 0 radical (unpaired) electrons. The van der Waals surface area contributed by atoms with Crippen LogP contribution in [0.25, 0.3) is 11.1 Å². The van der Waals surface area contributed by atoms with E-state index in [9.17, 15) is 4.79 Å². The number of benzene rings is 2. The van der Waals surface area contributed by atoms with Crippen molar-refractivity contribution in [2.45, 2.75) is 51.2 Å². The van der Waals surface area contributed by atoms with Crippen molar-refractivity contribution in [3.8, 4) is 11.1 Å². The Labute approximate surface area is 187 Å². The van der Waals surface area contributed by atoms with E-state index >= 15 is 0 Å². The van der Waals surface area contributed by atoms with Crippen LogP contribution < -0.4 is 4.90 Å². The first-order chi connectivity index (χ1) is 14.2. The Hall–Kier alpha value is -1.91. The third kappa shape index (κ3) is 3.34. The standard InChI is InChI=1S/C24H26Cl2N2O2/c1-24(2,3)30-23(29)27-8-7-21-18(13-27)17-11-16(10-15-6-9-28(21)22(15)17)14-4-5-19(25)20(26)12-14/h4-5,10-12,18,21H,6-9,13H2,1-3H3. The highest BCUT2D eigenvalue weighted by molar-refractivity contribution is 6.42. The zero-order chi connectivity index (χ0) is 21.2. The van der Waals surface area contributed by atoms with Crippen LogP contribution in [0.4, 0.5) is 10.5 Å². The number of amides is 1. The number of carbonyl (C=O) groups excluding carboxylic acids is 1. The summed E-state index contributed by atoms with van der Waals surface area (Å²) < 4.78 is 5.64. The Bertz CT molecular complexity index is 1030. The number of rotatable bonds is 1. The van der Waals surface area contributed by atoms with E-state index in [2.05, 4.69) is 17.0 Å². The number of fused-ring (bicyclic) bond motifs is 3. The average molecular weight is 445 g/mol. The van der Waals surface area contributed by atoms with Crippen LogP contribution in [0.2, 0.25) is 10.0 Å². The molecule has 0 N–H and O–H groups in total. The van der Waals surface area contributed by atoms with Gasteiger partial charge in [-0.05, 0) is 80.1 Å². The molecule has 0 aromatic heterocycles. The van der Waals surface area contributed by atoms with Gasteiger partial charge in [0.15, 0.2) is 0 Å². The van der Waals surface area contributed by atoms with Gasteiger partial charge in [-0.2, -0.15) is 0 Å². The first-order valence-electron chi connectivity index (χ1n) is 10.6. The lowest BCUT2D eigenvalue weighted by molar-refractivity contribution is 0.0189. The first kappa shape index (κ1) is 20.0. The van der Waals surface area contributed by atoms with Crippen LogP contribution in [0.3, 0.4) is 0 Å². The molecule has 2 atom stereocenters. The molecular formula is C24H26Cl2N2O2. The molecule has 1 saturated heterocycles. The van der Waals surface area contributed by atoms with Gasteiger partial charge in [0.25, 0.3) is 0 Å². The number of likely N-dealkylation sites (tertiary alicyclic amines) is 1. The van der Waals surface area contributed by atoms with Crippen molar-refractivity contribution in [2.75, 3.05) is 24.5 Å². The molecule has 3 aliphatic heterocycles. The van der Waals surface area contributed by atoms with Gasteiger partial charge in [-0.3, -0.25) is 0 Å². The largest absolute Gasteiger partial charge is 0.444 e. The molecule has 2 unspecified atom stereocenters. The van der Waals surface area contributed by atoms with Gasteiger partial charge < -0.3 is 14.5 Å². The molecule has 158 valence electrons. The van der Waals surface area contributed by atoms with Crippen molar-refractivity contribution < 1.29 is 9.53 Å². The number of hydrogen-bond acceptors (Lipinski definition) is 3. The normalized spacial score (nSPS) is 22.2. The third-order valence-corrected chi connectivity index (χ3v) is 7.15. The molecule has 0 bridgehead atoms. The van der Waals surface area contributed by atoms with Crippen LogP contribution >= 0.6 is 23.2 Å². The fraction of sp³-hybridized carbons (Fsp3) is 0.458. The van der Waals surface area contributed by atoms with E-state index in [-0.39, 0.29) is 6.09 Å². The van der Waals surface area contributed by atoms with Gasteiger partial charge in [0.05, 0.1) is 10.0 Å². The number of halogens is 2. The fourth-order valence-corrected chi connectivity index (χ4v) is 5.48. The topological polar surface area (TPSA) is 32.8 Å². The van der Waals surface area contributed by atoms with Gasteiger partial charge in [-0.15, -0.1) is 0 Å². The molecule has 5 rings (SSSR count). The third-order valence-electron chi connectivity index (χ3n) is 6.41. The molecule has 1 amide bonds. The zero-order valence-electron chi connectivity index (χ0n) is 17.5. The lowest BCUT2D eigenvalue weighted by Gasteiger charge is -2.38. The predicted octanol–water partition coefficient (Wildman–Crippen LogP) is 6.13. The molecule has 2 aromatic carbocycles. The second-order valence-electron chi connectivity index (χ2n) is 9.53. The molecule has 2 aromatic rings. The van der Waals surface area contributed by atoms with Crippen LogP contribution in [0.15, 0.2) is 30.3 Å². The fourth-order valence-electron chi connectivity index (χ4n) is 5.18. The number of piperidine rings is 1. The second-order valence-corrected chi connectivity index (χ2v) is 10.3. The number of carbonyl (C=O) groups is 1. The molecule has 0 aliphatic carbocycles. The van der Waals surface area contributed by atoms with Gasteiger partial charge in [0.2, 0.25) is 0 Å². The molecule has 30 heavy (non-hydrogen) atoms. The van der Waals surface area contributed by atoms with Crippen molar-refractivity contribution in [3.05, 3.63) is 51.5 Å². The number of ether oxygens (including phenoxy) is 1. The number of nitrogens with zero attached hydrogens (tertiary/aromatic N) is 2. The maximum absolute atomic E-state index is 12.7. The maximum Gasteiger partial charge on any atom is 0.410 e. The molecule has 0 saturated carbocycles. The highest BCUT2D eigenvalue weighted by Crippen LogP contribution is 2.51. The molecule has 3 heterocycles. The van der Waals surface area contributed by atoms with Crippen molar-refractivity contribution >= 4 is 35.0 Å². The Balaban J connectivity index is 1.49. The van der Waals surface area contributed by atoms with Crippen molar-refractivity contribution in [1.29, 1.82) is 0 Å². The van der Waals surface area contributed by atoms with Crippen molar-refractivity contribution in [3.63, 3.8) is 0 Å². The summed E-state index contributed by atoms with van der Waals surface area (Å²) in [4.78, 5) is 17.1. The number of anilines is 1. The summed E-state index contributed by atoms with van der Waals surface area (Å²) >= 11 is 12.4. The molecule has 3 aliphatic rings. The molecule has 0 spiro atoms. The van der Waals surface area contributed by atoms with Crippen LogP contribution in [0.1, 0.15) is 44.2 Å². The quantitative estimate of drug-likeness (QED) is 0.530. The highest BCUT2D eigenvalue weighted by atomic mass is 35.5. The van der Waals surface area contributed by atoms with E-state index in [1.165, 1.54) is 22.4 Å². The lowest BCUT2D eigenvalue weighted by Crippen LogP contribution is -2.49. The SMILES string of the molecule is CC(C)(C)OC(=O)N1CCC2C(C1)c1cc(-c3ccc(Cl)c(Cl)c3)cc3c1N2CC3. The summed E-state index contributed by atoms with van der Waals surface area (Å²) in [7, 11) is 0. The smallest absolute Gasteiger partial charge is 0.410 e.